The van der Waals surface area contributed by atoms with E-state index in [4.69, 9.17) is 0 Å². The van der Waals surface area contributed by atoms with Crippen molar-refractivity contribution in [2.45, 2.75) is 12.1 Å². The van der Waals surface area contributed by atoms with Gasteiger partial charge in [0.1, 0.15) is 5.92 Å². The molecule has 0 radical (unpaired) electrons. The van der Waals surface area contributed by atoms with E-state index in [2.05, 4.69) is 0 Å². The fourth-order valence-corrected chi connectivity index (χ4v) is 3.49. The Labute approximate surface area is 149 Å². The normalized spacial score (nSPS) is 15.7. The number of carbonyl (C=O) groups excluding carboxylic acids is 4. The molecule has 2 aliphatic rings. The van der Waals surface area contributed by atoms with Crippen LogP contribution in [-0.2, 0) is 0 Å². The van der Waals surface area contributed by atoms with Crippen molar-refractivity contribution < 1.29 is 32.3 Å². The number of hydrogen-bond acceptors (Lipinski definition) is 4. The summed E-state index contributed by atoms with van der Waals surface area (Å²) in [5.41, 5.74) is -2.01. The Bertz CT molecular complexity index is 982. The third kappa shape index (κ3) is 2.42. The summed E-state index contributed by atoms with van der Waals surface area (Å²) < 4.78 is 42.1. The van der Waals surface area contributed by atoms with Crippen LogP contribution >= 0.6 is 0 Å². The molecular weight excluding hydrogens is 365 g/mol. The first-order chi connectivity index (χ1) is 12.7. The average Bonchev–Trinajstić information content (AvgIpc) is 3.04. The first-order valence-electron chi connectivity index (χ1n) is 7.74. The molecule has 0 atom stereocenters. The van der Waals surface area contributed by atoms with Crippen molar-refractivity contribution in [1.82, 2.24) is 10.6 Å². The Morgan fingerprint density at radius 2 is 1.07 bits per heavy atom. The second-order valence-electron chi connectivity index (χ2n) is 6.08. The Morgan fingerprint density at radius 1 is 0.667 bits per heavy atom. The van der Waals surface area contributed by atoms with Gasteiger partial charge in [0.25, 0.3) is 23.6 Å². The van der Waals surface area contributed by atoms with E-state index in [1.165, 1.54) is 24.3 Å². The number of nitrogens with one attached hydrogen (secondary N) is 2. The van der Waals surface area contributed by atoms with E-state index in [1.54, 1.807) is 0 Å². The molecule has 2 aromatic carbocycles. The van der Waals surface area contributed by atoms with Gasteiger partial charge in [-0.15, -0.1) is 0 Å². The molecule has 0 spiro atoms. The van der Waals surface area contributed by atoms with Crippen LogP contribution in [0.2, 0.25) is 0 Å². The van der Waals surface area contributed by atoms with E-state index in [0.29, 0.717) is 0 Å². The van der Waals surface area contributed by atoms with Crippen LogP contribution in [0.1, 0.15) is 58.5 Å². The average molecular weight is 374 g/mol. The third-order valence-corrected chi connectivity index (χ3v) is 4.54. The highest BCUT2D eigenvalue weighted by Crippen LogP contribution is 2.44. The smallest absolute Gasteiger partial charge is 0.288 e. The highest BCUT2D eigenvalue weighted by molar-refractivity contribution is 6.23. The molecule has 0 aliphatic carbocycles. The summed E-state index contributed by atoms with van der Waals surface area (Å²) in [7, 11) is 0. The molecule has 136 valence electrons. The van der Waals surface area contributed by atoms with Crippen LogP contribution < -0.4 is 10.6 Å². The number of fused-ring (bicyclic) bond motifs is 2. The van der Waals surface area contributed by atoms with Gasteiger partial charge in [-0.3, -0.25) is 29.8 Å². The largest absolute Gasteiger partial charge is 0.399 e. The first-order valence-corrected chi connectivity index (χ1v) is 7.74. The summed E-state index contributed by atoms with van der Waals surface area (Å²) in [5.74, 6) is -5.82. The maximum Gasteiger partial charge on any atom is 0.399 e. The minimum Gasteiger partial charge on any atom is -0.288 e. The van der Waals surface area contributed by atoms with Crippen molar-refractivity contribution in [3.05, 3.63) is 69.8 Å². The molecule has 4 amide bonds. The second-order valence-corrected chi connectivity index (χ2v) is 6.08. The minimum absolute atomic E-state index is 0.167. The zero-order valence-electron chi connectivity index (χ0n) is 13.3. The third-order valence-electron chi connectivity index (χ3n) is 4.54. The predicted molar refractivity (Wildman–Crippen MR) is 84.4 cm³/mol. The van der Waals surface area contributed by atoms with Crippen molar-refractivity contribution in [1.29, 1.82) is 0 Å². The second kappa shape index (κ2) is 5.50. The molecule has 2 aliphatic heterocycles. The van der Waals surface area contributed by atoms with Gasteiger partial charge >= 0.3 is 6.18 Å². The van der Waals surface area contributed by atoms with Crippen molar-refractivity contribution in [3.8, 4) is 0 Å². The Hall–Kier alpha value is -3.49. The summed E-state index contributed by atoms with van der Waals surface area (Å²) >= 11 is 0. The molecule has 27 heavy (non-hydrogen) atoms. The molecular formula is C18H9F3N2O4. The highest BCUT2D eigenvalue weighted by atomic mass is 19.4. The monoisotopic (exact) mass is 374 g/mol. The maximum absolute atomic E-state index is 14.0. The van der Waals surface area contributed by atoms with E-state index < -0.39 is 46.8 Å². The molecule has 6 nitrogen and oxygen atoms in total. The van der Waals surface area contributed by atoms with E-state index in [9.17, 15) is 32.3 Å². The molecule has 0 saturated carbocycles. The number of amides is 4. The Balaban J connectivity index is 2.02. The van der Waals surface area contributed by atoms with Gasteiger partial charge < -0.3 is 0 Å². The Morgan fingerprint density at radius 3 is 1.44 bits per heavy atom. The van der Waals surface area contributed by atoms with Crippen LogP contribution in [0.3, 0.4) is 0 Å². The van der Waals surface area contributed by atoms with Crippen LogP contribution in [0.5, 0.6) is 0 Å². The van der Waals surface area contributed by atoms with Gasteiger partial charge in [-0.25, -0.2) is 0 Å². The Kier molecular flexibility index (Phi) is 3.45. The van der Waals surface area contributed by atoms with Gasteiger partial charge in [-0.1, -0.05) is 24.3 Å². The maximum atomic E-state index is 14.0. The number of rotatable bonds is 2. The number of alkyl halides is 3. The van der Waals surface area contributed by atoms with E-state index in [-0.39, 0.29) is 22.3 Å². The van der Waals surface area contributed by atoms with Crippen LogP contribution in [0, 0.1) is 0 Å². The minimum atomic E-state index is -4.89. The van der Waals surface area contributed by atoms with E-state index in [1.807, 2.05) is 10.6 Å². The summed E-state index contributed by atoms with van der Waals surface area (Å²) in [6.07, 6.45) is -4.89. The summed E-state index contributed by atoms with van der Waals surface area (Å²) in [5, 5.41) is 3.94. The molecule has 4 rings (SSSR count). The van der Waals surface area contributed by atoms with Gasteiger partial charge in [0, 0.05) is 0 Å². The van der Waals surface area contributed by atoms with Gasteiger partial charge in [0.2, 0.25) is 0 Å². The van der Waals surface area contributed by atoms with Gasteiger partial charge in [0.15, 0.2) is 0 Å². The number of halogens is 3. The van der Waals surface area contributed by atoms with Crippen LogP contribution in [-0.4, -0.2) is 29.8 Å². The molecule has 0 bridgehead atoms. The van der Waals surface area contributed by atoms with Crippen molar-refractivity contribution >= 4 is 23.6 Å². The fourth-order valence-electron chi connectivity index (χ4n) is 3.49. The zero-order chi connectivity index (χ0) is 19.5. The lowest BCUT2D eigenvalue weighted by Gasteiger charge is -2.24. The van der Waals surface area contributed by atoms with Gasteiger partial charge in [-0.05, 0) is 23.3 Å². The molecule has 2 aromatic rings. The molecule has 0 saturated heterocycles. The van der Waals surface area contributed by atoms with Gasteiger partial charge in [-0.2, -0.15) is 13.2 Å². The van der Waals surface area contributed by atoms with Crippen molar-refractivity contribution in [2.75, 3.05) is 0 Å². The van der Waals surface area contributed by atoms with Crippen LogP contribution in [0.4, 0.5) is 13.2 Å². The SMILES string of the molecule is O=C1NC(=O)c2c1cccc2C(c1cccc2c1C(=O)NC2=O)C(F)(F)F. The quantitative estimate of drug-likeness (QED) is 0.788. The molecule has 0 fully saturated rings. The summed E-state index contributed by atoms with van der Waals surface area (Å²) in [6, 6.07) is 7.14. The number of hydrogen-bond donors (Lipinski definition) is 2. The number of carbonyl (C=O) groups is 4. The van der Waals surface area contributed by atoms with E-state index >= 15 is 0 Å². The fraction of sp³-hybridized carbons (Fsp3) is 0.111. The lowest BCUT2D eigenvalue weighted by atomic mass is 9.83. The predicted octanol–water partition coefficient (Wildman–Crippen LogP) is 2.15. The number of benzene rings is 2. The molecule has 9 heteroatoms. The van der Waals surface area contributed by atoms with Crippen LogP contribution in [0.25, 0.3) is 0 Å². The topological polar surface area (TPSA) is 92.3 Å². The molecule has 2 N–H and O–H groups in total. The van der Waals surface area contributed by atoms with Crippen LogP contribution in [0.15, 0.2) is 36.4 Å². The molecule has 0 unspecified atom stereocenters. The summed E-state index contributed by atoms with van der Waals surface area (Å²) in [4.78, 5) is 47.7. The van der Waals surface area contributed by atoms with Gasteiger partial charge in [0.05, 0.1) is 22.3 Å². The highest BCUT2D eigenvalue weighted by Gasteiger charge is 2.48. The lowest BCUT2D eigenvalue weighted by molar-refractivity contribution is -0.141. The summed E-state index contributed by atoms with van der Waals surface area (Å²) in [6.45, 7) is 0. The number of imide groups is 2. The van der Waals surface area contributed by atoms with E-state index in [0.717, 1.165) is 12.1 Å². The first kappa shape index (κ1) is 17.0. The van der Waals surface area contributed by atoms with Crippen molar-refractivity contribution in [2.24, 2.45) is 0 Å². The molecule has 0 aromatic heterocycles. The standard InChI is InChI=1S/C18H9F3N2O4/c19-18(20,21)13(7-3-1-5-9-11(7)16(26)22-14(9)24)8-4-2-6-10-12(8)17(27)23-15(10)25/h1-6,13H,(H,22,24,26)(H,23,25,27). The van der Waals surface area contributed by atoms with Crippen molar-refractivity contribution in [3.63, 3.8) is 0 Å². The molecule has 2 heterocycles. The zero-order valence-corrected chi connectivity index (χ0v) is 13.3. The lowest BCUT2D eigenvalue weighted by Crippen LogP contribution is -2.27.